The summed E-state index contributed by atoms with van der Waals surface area (Å²) in [6, 6.07) is 11.8. The average Bonchev–Trinajstić information content (AvgIpc) is 2.99. The summed E-state index contributed by atoms with van der Waals surface area (Å²) < 4.78 is 0. The van der Waals surface area contributed by atoms with Gasteiger partial charge in [0.05, 0.1) is 0 Å². The molecule has 4 rings (SSSR count). The second-order valence-electron chi connectivity index (χ2n) is 8.08. The van der Waals surface area contributed by atoms with Crippen molar-refractivity contribution in [1.29, 1.82) is 0 Å². The molecule has 1 heterocycles. The van der Waals surface area contributed by atoms with E-state index in [-0.39, 0.29) is 22.7 Å². The number of halogens is 2. The van der Waals surface area contributed by atoms with Crippen LogP contribution in [0.5, 0.6) is 0 Å². The Bertz CT molecular complexity index is 1120. The first kappa shape index (κ1) is 22.4. The van der Waals surface area contributed by atoms with Gasteiger partial charge in [0.25, 0.3) is 17.7 Å². The van der Waals surface area contributed by atoms with Crippen LogP contribution in [0.1, 0.15) is 48.0 Å². The van der Waals surface area contributed by atoms with Gasteiger partial charge in [-0.05, 0) is 61.7 Å². The molecule has 166 valence electrons. The normalized spacial score (nSPS) is 17.2. The van der Waals surface area contributed by atoms with E-state index >= 15 is 0 Å². The Morgan fingerprint density at radius 2 is 1.75 bits per heavy atom. The topological polar surface area (TPSA) is 78.5 Å². The van der Waals surface area contributed by atoms with Crippen LogP contribution >= 0.6 is 23.2 Å². The number of imide groups is 1. The molecule has 0 saturated heterocycles. The molecule has 0 atom stereocenters. The predicted molar refractivity (Wildman–Crippen MR) is 126 cm³/mol. The highest BCUT2D eigenvalue weighted by molar-refractivity contribution is 6.48. The molecule has 1 aliphatic carbocycles. The summed E-state index contributed by atoms with van der Waals surface area (Å²) >= 11 is 12.2. The zero-order valence-corrected chi connectivity index (χ0v) is 19.1. The fourth-order valence-electron chi connectivity index (χ4n) is 4.14. The molecule has 32 heavy (non-hydrogen) atoms. The Labute approximate surface area is 196 Å². The lowest BCUT2D eigenvalue weighted by atomic mass is 9.94. The van der Waals surface area contributed by atoms with Gasteiger partial charge in [-0.25, -0.2) is 0 Å². The molecule has 2 aromatic carbocycles. The van der Waals surface area contributed by atoms with E-state index in [1.54, 1.807) is 42.5 Å². The van der Waals surface area contributed by atoms with Crippen molar-refractivity contribution in [2.45, 2.75) is 45.1 Å². The number of amides is 3. The van der Waals surface area contributed by atoms with Crippen LogP contribution in [-0.4, -0.2) is 28.7 Å². The lowest BCUT2D eigenvalue weighted by molar-refractivity contribution is -0.140. The molecule has 0 radical (unpaired) electrons. The Morgan fingerprint density at radius 1 is 1.00 bits per heavy atom. The van der Waals surface area contributed by atoms with Crippen molar-refractivity contribution in [2.24, 2.45) is 0 Å². The number of rotatable bonds is 5. The SMILES string of the molecule is Cc1cc(Cl)ccc1NC(=O)c1cccc(NC2=C(Cl)C(=O)N(C3CCCCC3)C2=O)c1. The van der Waals surface area contributed by atoms with Crippen LogP contribution in [0.2, 0.25) is 5.02 Å². The highest BCUT2D eigenvalue weighted by atomic mass is 35.5. The smallest absolute Gasteiger partial charge is 0.279 e. The highest BCUT2D eigenvalue weighted by Gasteiger charge is 2.42. The molecule has 2 aromatic rings. The Hall–Kier alpha value is -2.83. The molecule has 0 aromatic heterocycles. The minimum absolute atomic E-state index is 0.0494. The first-order valence-electron chi connectivity index (χ1n) is 10.6. The van der Waals surface area contributed by atoms with Gasteiger partial charge in [-0.2, -0.15) is 0 Å². The number of nitrogens with zero attached hydrogens (tertiary/aromatic N) is 1. The maximum Gasteiger partial charge on any atom is 0.279 e. The minimum atomic E-state index is -0.460. The van der Waals surface area contributed by atoms with E-state index < -0.39 is 11.8 Å². The number of anilines is 2. The van der Waals surface area contributed by atoms with Gasteiger partial charge in [-0.1, -0.05) is 48.5 Å². The van der Waals surface area contributed by atoms with Gasteiger partial charge >= 0.3 is 0 Å². The summed E-state index contributed by atoms with van der Waals surface area (Å²) in [5.41, 5.74) is 2.43. The largest absolute Gasteiger partial charge is 0.350 e. The van der Waals surface area contributed by atoms with Crippen molar-refractivity contribution >= 4 is 52.3 Å². The lowest BCUT2D eigenvalue weighted by Crippen LogP contribution is -2.42. The third-order valence-corrected chi connectivity index (χ3v) is 6.42. The molecule has 0 bridgehead atoms. The van der Waals surface area contributed by atoms with Crippen LogP contribution in [0.3, 0.4) is 0 Å². The van der Waals surface area contributed by atoms with E-state index in [9.17, 15) is 14.4 Å². The summed E-state index contributed by atoms with van der Waals surface area (Å²) in [6.07, 6.45) is 4.70. The quantitative estimate of drug-likeness (QED) is 0.567. The van der Waals surface area contributed by atoms with Gasteiger partial charge in [0.15, 0.2) is 0 Å². The number of benzene rings is 2. The molecule has 0 spiro atoms. The molecule has 2 N–H and O–H groups in total. The fraction of sp³-hybridized carbons (Fsp3) is 0.292. The van der Waals surface area contributed by atoms with Crippen molar-refractivity contribution in [3.8, 4) is 0 Å². The van der Waals surface area contributed by atoms with Gasteiger partial charge in [-0.15, -0.1) is 0 Å². The fourth-order valence-corrected chi connectivity index (χ4v) is 4.59. The second-order valence-corrected chi connectivity index (χ2v) is 8.89. The maximum atomic E-state index is 13.0. The van der Waals surface area contributed by atoms with Crippen molar-refractivity contribution in [3.05, 3.63) is 69.3 Å². The van der Waals surface area contributed by atoms with E-state index in [2.05, 4.69) is 10.6 Å². The molecule has 2 aliphatic rings. The van der Waals surface area contributed by atoms with Crippen LogP contribution in [0.4, 0.5) is 11.4 Å². The van der Waals surface area contributed by atoms with Crippen molar-refractivity contribution in [2.75, 3.05) is 10.6 Å². The number of carbonyl (C=O) groups excluding carboxylic acids is 3. The van der Waals surface area contributed by atoms with Gasteiger partial charge < -0.3 is 10.6 Å². The molecule has 0 unspecified atom stereocenters. The summed E-state index contributed by atoms with van der Waals surface area (Å²) in [6.45, 7) is 1.86. The Balaban J connectivity index is 1.50. The predicted octanol–water partition coefficient (Wildman–Crippen LogP) is 5.46. The monoisotopic (exact) mass is 471 g/mol. The molecule has 8 heteroatoms. The number of hydrogen-bond donors (Lipinski definition) is 2. The highest BCUT2D eigenvalue weighted by Crippen LogP contribution is 2.32. The summed E-state index contributed by atoms with van der Waals surface area (Å²) in [7, 11) is 0. The van der Waals surface area contributed by atoms with Gasteiger partial charge in [-0.3, -0.25) is 19.3 Å². The van der Waals surface area contributed by atoms with Gasteiger partial charge in [0, 0.05) is 28.0 Å². The lowest BCUT2D eigenvalue weighted by Gasteiger charge is -2.29. The van der Waals surface area contributed by atoms with E-state index in [1.165, 1.54) is 4.90 Å². The van der Waals surface area contributed by atoms with Crippen LogP contribution in [0, 0.1) is 6.92 Å². The number of hydrogen-bond acceptors (Lipinski definition) is 4. The molecule has 6 nitrogen and oxygen atoms in total. The number of carbonyl (C=O) groups is 3. The standard InChI is InChI=1S/C24H23Cl2N3O3/c1-14-12-16(25)10-11-19(14)28-22(30)15-6-5-7-17(13-15)27-21-20(26)23(31)29(24(21)32)18-8-3-2-4-9-18/h5-7,10-13,18,27H,2-4,8-9H2,1H3,(H,28,30). The first-order valence-corrected chi connectivity index (χ1v) is 11.3. The maximum absolute atomic E-state index is 13.0. The van der Waals surface area contributed by atoms with Crippen LogP contribution < -0.4 is 10.6 Å². The number of nitrogens with one attached hydrogen (secondary N) is 2. The van der Waals surface area contributed by atoms with E-state index in [1.807, 2.05) is 6.92 Å². The third kappa shape index (κ3) is 4.52. The van der Waals surface area contributed by atoms with Crippen molar-refractivity contribution in [1.82, 2.24) is 4.90 Å². The molecule has 1 saturated carbocycles. The molecule has 1 fully saturated rings. The molecule has 3 amide bonds. The van der Waals surface area contributed by atoms with Crippen molar-refractivity contribution < 1.29 is 14.4 Å². The molecular weight excluding hydrogens is 449 g/mol. The van der Waals surface area contributed by atoms with Crippen LogP contribution in [0.25, 0.3) is 0 Å². The zero-order chi connectivity index (χ0) is 22.8. The van der Waals surface area contributed by atoms with E-state index in [4.69, 9.17) is 23.2 Å². The summed E-state index contributed by atoms with van der Waals surface area (Å²) in [5.74, 6) is -1.19. The van der Waals surface area contributed by atoms with E-state index in [0.29, 0.717) is 22.0 Å². The van der Waals surface area contributed by atoms with Gasteiger partial charge in [0.2, 0.25) is 0 Å². The van der Waals surface area contributed by atoms with E-state index in [0.717, 1.165) is 37.7 Å². The second kappa shape index (κ2) is 9.35. The van der Waals surface area contributed by atoms with Crippen LogP contribution in [0.15, 0.2) is 53.2 Å². The van der Waals surface area contributed by atoms with Gasteiger partial charge in [0.1, 0.15) is 10.7 Å². The average molecular weight is 472 g/mol. The molecular formula is C24H23Cl2N3O3. The first-order chi connectivity index (χ1) is 15.3. The molecule has 1 aliphatic heterocycles. The minimum Gasteiger partial charge on any atom is -0.350 e. The summed E-state index contributed by atoms with van der Waals surface area (Å²) in [5, 5.41) is 6.29. The van der Waals surface area contributed by atoms with Crippen LogP contribution in [-0.2, 0) is 9.59 Å². The number of aryl methyl sites for hydroxylation is 1. The Kier molecular flexibility index (Phi) is 6.53. The van der Waals surface area contributed by atoms with Crippen molar-refractivity contribution in [3.63, 3.8) is 0 Å². The zero-order valence-electron chi connectivity index (χ0n) is 17.6. The third-order valence-electron chi connectivity index (χ3n) is 5.83. The summed E-state index contributed by atoms with van der Waals surface area (Å²) in [4.78, 5) is 39.6. The Morgan fingerprint density at radius 3 is 2.47 bits per heavy atom.